The molecule has 98 valence electrons. The molecule has 0 bridgehead atoms. The summed E-state index contributed by atoms with van der Waals surface area (Å²) in [6.45, 7) is 2.02. The second kappa shape index (κ2) is 6.02. The highest BCUT2D eigenvalue weighted by molar-refractivity contribution is 14.1. The minimum Gasteiger partial charge on any atom is -0.348 e. The number of aryl methyl sites for hydroxylation is 1. The van der Waals surface area contributed by atoms with E-state index in [1.807, 2.05) is 25.1 Å². The number of halogens is 1. The number of carbonyl (C=O) groups excluding carboxylic acids is 1. The van der Waals surface area contributed by atoms with Crippen molar-refractivity contribution in [2.24, 2.45) is 5.73 Å². The quantitative estimate of drug-likeness (QED) is 0.799. The Morgan fingerprint density at radius 2 is 2.11 bits per heavy atom. The standard InChI is InChI=1S/C14H19IN2O/c1-9-5-4-6-10(13(9)15)14(18)17-12-8-3-2-7-11(12)16/h4-6,11-12H,2-3,7-8,16H2,1H3,(H,17,18). The van der Waals surface area contributed by atoms with E-state index in [2.05, 4.69) is 27.9 Å². The number of hydrogen-bond donors (Lipinski definition) is 2. The summed E-state index contributed by atoms with van der Waals surface area (Å²) in [5, 5.41) is 3.08. The molecule has 1 aromatic rings. The molecule has 1 fully saturated rings. The predicted molar refractivity (Wildman–Crippen MR) is 81.6 cm³/mol. The fourth-order valence-electron chi connectivity index (χ4n) is 2.41. The maximum Gasteiger partial charge on any atom is 0.252 e. The zero-order valence-corrected chi connectivity index (χ0v) is 12.7. The van der Waals surface area contributed by atoms with Crippen LogP contribution in [0, 0.1) is 10.5 Å². The van der Waals surface area contributed by atoms with Gasteiger partial charge in [-0.2, -0.15) is 0 Å². The van der Waals surface area contributed by atoms with E-state index in [0.717, 1.165) is 34.0 Å². The Balaban J connectivity index is 2.09. The lowest BCUT2D eigenvalue weighted by Gasteiger charge is -2.29. The van der Waals surface area contributed by atoms with Crippen LogP contribution in [0.1, 0.15) is 41.6 Å². The molecule has 2 atom stereocenters. The molecule has 0 radical (unpaired) electrons. The van der Waals surface area contributed by atoms with E-state index in [-0.39, 0.29) is 18.0 Å². The van der Waals surface area contributed by atoms with Crippen LogP contribution in [0.5, 0.6) is 0 Å². The first-order chi connectivity index (χ1) is 8.59. The number of carbonyl (C=O) groups is 1. The molecule has 4 heteroatoms. The number of amides is 1. The highest BCUT2D eigenvalue weighted by atomic mass is 127. The Morgan fingerprint density at radius 1 is 1.39 bits per heavy atom. The van der Waals surface area contributed by atoms with Gasteiger partial charge in [0.15, 0.2) is 0 Å². The van der Waals surface area contributed by atoms with Crippen LogP contribution in [0.25, 0.3) is 0 Å². The van der Waals surface area contributed by atoms with Gasteiger partial charge in [0.05, 0.1) is 5.56 Å². The van der Waals surface area contributed by atoms with E-state index in [9.17, 15) is 4.79 Å². The molecule has 0 heterocycles. The molecule has 18 heavy (non-hydrogen) atoms. The van der Waals surface area contributed by atoms with Crippen molar-refractivity contribution < 1.29 is 4.79 Å². The Kier molecular flexibility index (Phi) is 4.61. The molecule has 1 aliphatic carbocycles. The van der Waals surface area contributed by atoms with E-state index < -0.39 is 0 Å². The van der Waals surface area contributed by atoms with Crippen molar-refractivity contribution in [3.8, 4) is 0 Å². The second-order valence-electron chi connectivity index (χ2n) is 4.96. The lowest BCUT2D eigenvalue weighted by Crippen LogP contribution is -2.49. The lowest BCUT2D eigenvalue weighted by atomic mass is 9.91. The van der Waals surface area contributed by atoms with Gasteiger partial charge in [0.1, 0.15) is 0 Å². The van der Waals surface area contributed by atoms with E-state index in [4.69, 9.17) is 5.73 Å². The van der Waals surface area contributed by atoms with Gasteiger partial charge in [-0.15, -0.1) is 0 Å². The minimum atomic E-state index is 0.00505. The lowest BCUT2D eigenvalue weighted by molar-refractivity contribution is 0.0920. The molecule has 1 saturated carbocycles. The van der Waals surface area contributed by atoms with E-state index in [1.165, 1.54) is 6.42 Å². The van der Waals surface area contributed by atoms with Crippen molar-refractivity contribution in [3.05, 3.63) is 32.9 Å². The molecule has 3 nitrogen and oxygen atoms in total. The van der Waals surface area contributed by atoms with Gasteiger partial charge in [0, 0.05) is 15.7 Å². The summed E-state index contributed by atoms with van der Waals surface area (Å²) in [4.78, 5) is 12.3. The first-order valence-electron chi connectivity index (χ1n) is 6.41. The summed E-state index contributed by atoms with van der Waals surface area (Å²) in [6.07, 6.45) is 4.34. The molecule has 1 amide bonds. The summed E-state index contributed by atoms with van der Waals surface area (Å²) < 4.78 is 1.02. The van der Waals surface area contributed by atoms with Crippen molar-refractivity contribution in [2.45, 2.75) is 44.7 Å². The average molecular weight is 358 g/mol. The molecule has 0 spiro atoms. The van der Waals surface area contributed by atoms with Gasteiger partial charge < -0.3 is 11.1 Å². The Labute approximate surface area is 122 Å². The van der Waals surface area contributed by atoms with Gasteiger partial charge in [0.2, 0.25) is 0 Å². The number of benzene rings is 1. The van der Waals surface area contributed by atoms with Crippen LogP contribution in [-0.4, -0.2) is 18.0 Å². The van der Waals surface area contributed by atoms with Gasteiger partial charge in [-0.1, -0.05) is 25.0 Å². The summed E-state index contributed by atoms with van der Waals surface area (Å²) in [5.74, 6) is 0.00505. The number of rotatable bonds is 2. The number of hydrogen-bond acceptors (Lipinski definition) is 2. The molecule has 0 aromatic heterocycles. The van der Waals surface area contributed by atoms with E-state index in [0.29, 0.717) is 0 Å². The number of nitrogens with two attached hydrogens (primary N) is 1. The van der Waals surface area contributed by atoms with E-state index >= 15 is 0 Å². The highest BCUT2D eigenvalue weighted by Crippen LogP contribution is 2.20. The second-order valence-corrected chi connectivity index (χ2v) is 6.04. The fourth-order valence-corrected chi connectivity index (χ4v) is 3.01. The van der Waals surface area contributed by atoms with Crippen LogP contribution in [-0.2, 0) is 0 Å². The van der Waals surface area contributed by atoms with Crippen molar-refractivity contribution >= 4 is 28.5 Å². The average Bonchev–Trinajstić information content (AvgIpc) is 2.35. The van der Waals surface area contributed by atoms with E-state index in [1.54, 1.807) is 0 Å². The molecular formula is C14H19IN2O. The molecule has 2 unspecified atom stereocenters. The molecule has 3 N–H and O–H groups in total. The number of nitrogens with one attached hydrogen (secondary N) is 1. The SMILES string of the molecule is Cc1cccc(C(=O)NC2CCCCC2N)c1I. The Bertz CT molecular complexity index is 447. The summed E-state index contributed by atoms with van der Waals surface area (Å²) in [6, 6.07) is 6.05. The first-order valence-corrected chi connectivity index (χ1v) is 7.49. The highest BCUT2D eigenvalue weighted by Gasteiger charge is 2.24. The zero-order chi connectivity index (χ0) is 13.1. The third kappa shape index (κ3) is 3.03. The van der Waals surface area contributed by atoms with Crippen LogP contribution in [0.3, 0.4) is 0 Å². The smallest absolute Gasteiger partial charge is 0.252 e. The van der Waals surface area contributed by atoms with Crippen LogP contribution in [0.15, 0.2) is 18.2 Å². The van der Waals surface area contributed by atoms with Crippen LogP contribution in [0.4, 0.5) is 0 Å². The van der Waals surface area contributed by atoms with Gasteiger partial charge in [-0.05, 0) is 54.0 Å². The fraction of sp³-hybridized carbons (Fsp3) is 0.500. The van der Waals surface area contributed by atoms with Gasteiger partial charge in [-0.25, -0.2) is 0 Å². The molecule has 1 aromatic carbocycles. The molecule has 1 aliphatic rings. The summed E-state index contributed by atoms with van der Waals surface area (Å²) in [5.41, 5.74) is 7.95. The minimum absolute atomic E-state index is 0.00505. The maximum atomic E-state index is 12.3. The molecule has 0 saturated heterocycles. The van der Waals surface area contributed by atoms with Crippen molar-refractivity contribution in [1.82, 2.24) is 5.32 Å². The molecule has 0 aliphatic heterocycles. The van der Waals surface area contributed by atoms with Crippen molar-refractivity contribution in [1.29, 1.82) is 0 Å². The van der Waals surface area contributed by atoms with Crippen LogP contribution in [0.2, 0.25) is 0 Å². The maximum absolute atomic E-state index is 12.3. The third-order valence-corrected chi connectivity index (χ3v) is 5.00. The summed E-state index contributed by atoms with van der Waals surface area (Å²) >= 11 is 2.23. The monoisotopic (exact) mass is 358 g/mol. The van der Waals surface area contributed by atoms with Gasteiger partial charge in [0.25, 0.3) is 5.91 Å². The van der Waals surface area contributed by atoms with Crippen molar-refractivity contribution in [2.75, 3.05) is 0 Å². The third-order valence-electron chi connectivity index (χ3n) is 3.57. The van der Waals surface area contributed by atoms with Crippen molar-refractivity contribution in [3.63, 3.8) is 0 Å². The largest absolute Gasteiger partial charge is 0.348 e. The predicted octanol–water partition coefficient (Wildman–Crippen LogP) is 2.60. The normalized spacial score (nSPS) is 23.7. The van der Waals surface area contributed by atoms with Gasteiger partial charge >= 0.3 is 0 Å². The van der Waals surface area contributed by atoms with Gasteiger partial charge in [-0.3, -0.25) is 4.79 Å². The zero-order valence-electron chi connectivity index (χ0n) is 10.6. The van der Waals surface area contributed by atoms with Crippen LogP contribution < -0.4 is 11.1 Å². The Morgan fingerprint density at radius 3 is 2.83 bits per heavy atom. The van der Waals surface area contributed by atoms with Crippen LogP contribution >= 0.6 is 22.6 Å². The topological polar surface area (TPSA) is 55.1 Å². The molecular weight excluding hydrogens is 339 g/mol. The Hall–Kier alpha value is -0.620. The summed E-state index contributed by atoms with van der Waals surface area (Å²) in [7, 11) is 0. The first kappa shape index (κ1) is 13.8. The molecule has 2 rings (SSSR count).